The maximum atomic E-state index is 10.6. The molecule has 1 atom stereocenters. The summed E-state index contributed by atoms with van der Waals surface area (Å²) in [7, 11) is 0. The second-order valence-electron chi connectivity index (χ2n) is 5.64. The molecule has 126 valence electrons. The Bertz CT molecular complexity index is 669. The number of carbonyl (C=O) groups excluding carboxylic acids is 1. The third-order valence-corrected chi connectivity index (χ3v) is 3.58. The van der Waals surface area contributed by atoms with Crippen LogP contribution >= 0.6 is 0 Å². The zero-order chi connectivity index (χ0) is 17.2. The van der Waals surface area contributed by atoms with E-state index in [2.05, 4.69) is 10.6 Å². The van der Waals surface area contributed by atoms with Gasteiger partial charge in [0, 0.05) is 6.04 Å². The molecule has 0 spiro atoms. The summed E-state index contributed by atoms with van der Waals surface area (Å²) in [6, 6.07) is 16.2. The quantitative estimate of drug-likeness (QED) is 0.688. The number of hydrogen-bond donors (Lipinski definition) is 2. The number of rotatable bonds is 9. The van der Waals surface area contributed by atoms with Crippen molar-refractivity contribution in [1.82, 2.24) is 5.32 Å². The molecule has 0 aliphatic heterocycles. The van der Waals surface area contributed by atoms with E-state index >= 15 is 0 Å². The molecule has 2 aromatic rings. The molecule has 0 radical (unpaired) electrons. The Morgan fingerprint density at radius 2 is 1.92 bits per heavy atom. The summed E-state index contributed by atoms with van der Waals surface area (Å²) in [5, 5.41) is 6.00. The maximum Gasteiger partial charge on any atom is 0.207 e. The van der Waals surface area contributed by atoms with E-state index in [1.165, 1.54) is 0 Å². The SMILES string of the molecule is C/C=C\Nc1ccc(C[C@@H](C)NC=O)cc1OCc1ccccc1. The number of ether oxygens (including phenoxy) is 1. The lowest BCUT2D eigenvalue weighted by molar-refractivity contribution is -0.110. The Labute approximate surface area is 143 Å². The maximum absolute atomic E-state index is 10.6. The van der Waals surface area contributed by atoms with Gasteiger partial charge < -0.3 is 15.4 Å². The summed E-state index contributed by atoms with van der Waals surface area (Å²) in [6.07, 6.45) is 5.30. The van der Waals surface area contributed by atoms with Gasteiger partial charge in [-0.2, -0.15) is 0 Å². The Kier molecular flexibility index (Phi) is 6.90. The van der Waals surface area contributed by atoms with E-state index in [1.807, 2.05) is 74.7 Å². The van der Waals surface area contributed by atoms with E-state index in [4.69, 9.17) is 4.74 Å². The molecule has 2 rings (SSSR count). The van der Waals surface area contributed by atoms with Crippen LogP contribution < -0.4 is 15.4 Å². The van der Waals surface area contributed by atoms with Gasteiger partial charge in [0.1, 0.15) is 12.4 Å². The lowest BCUT2D eigenvalue weighted by Gasteiger charge is -2.15. The van der Waals surface area contributed by atoms with Gasteiger partial charge in [-0.15, -0.1) is 0 Å². The molecular weight excluding hydrogens is 300 g/mol. The van der Waals surface area contributed by atoms with E-state index in [1.54, 1.807) is 0 Å². The van der Waals surface area contributed by atoms with Crippen LogP contribution in [-0.4, -0.2) is 12.5 Å². The average Bonchev–Trinajstić information content (AvgIpc) is 2.60. The largest absolute Gasteiger partial charge is 0.487 e. The minimum atomic E-state index is 0.0822. The summed E-state index contributed by atoms with van der Waals surface area (Å²) in [5.41, 5.74) is 3.16. The molecule has 0 heterocycles. The van der Waals surface area contributed by atoms with E-state index in [0.29, 0.717) is 6.61 Å². The van der Waals surface area contributed by atoms with Gasteiger partial charge in [-0.3, -0.25) is 4.79 Å². The van der Waals surface area contributed by atoms with E-state index < -0.39 is 0 Å². The zero-order valence-corrected chi connectivity index (χ0v) is 14.2. The Morgan fingerprint density at radius 1 is 1.12 bits per heavy atom. The first-order valence-corrected chi connectivity index (χ1v) is 8.10. The van der Waals surface area contributed by atoms with Crippen molar-refractivity contribution >= 4 is 12.1 Å². The van der Waals surface area contributed by atoms with Gasteiger partial charge >= 0.3 is 0 Å². The molecular formula is C20H24N2O2. The third-order valence-electron chi connectivity index (χ3n) is 3.58. The lowest BCUT2D eigenvalue weighted by atomic mass is 10.1. The molecule has 24 heavy (non-hydrogen) atoms. The smallest absolute Gasteiger partial charge is 0.207 e. The van der Waals surface area contributed by atoms with Crippen LogP contribution in [0.1, 0.15) is 25.0 Å². The predicted molar refractivity (Wildman–Crippen MR) is 98.0 cm³/mol. The second-order valence-corrected chi connectivity index (χ2v) is 5.64. The molecule has 0 aliphatic rings. The molecule has 4 heteroatoms. The van der Waals surface area contributed by atoms with E-state index in [-0.39, 0.29) is 6.04 Å². The van der Waals surface area contributed by atoms with Crippen molar-refractivity contribution in [2.24, 2.45) is 0 Å². The van der Waals surface area contributed by atoms with Crippen molar-refractivity contribution in [3.8, 4) is 5.75 Å². The topological polar surface area (TPSA) is 50.4 Å². The molecule has 0 saturated heterocycles. The predicted octanol–water partition coefficient (Wildman–Crippen LogP) is 3.89. The number of allylic oxidation sites excluding steroid dienone is 1. The van der Waals surface area contributed by atoms with Gasteiger partial charge in [0.15, 0.2) is 0 Å². The number of carbonyl (C=O) groups is 1. The minimum Gasteiger partial charge on any atom is -0.487 e. The number of anilines is 1. The van der Waals surface area contributed by atoms with Gasteiger partial charge in [-0.1, -0.05) is 42.5 Å². The van der Waals surface area contributed by atoms with Crippen molar-refractivity contribution < 1.29 is 9.53 Å². The molecule has 0 aromatic heterocycles. The van der Waals surface area contributed by atoms with Crippen molar-refractivity contribution in [2.45, 2.75) is 32.9 Å². The molecule has 4 nitrogen and oxygen atoms in total. The van der Waals surface area contributed by atoms with Gasteiger partial charge in [0.2, 0.25) is 6.41 Å². The first-order chi connectivity index (χ1) is 11.7. The number of hydrogen-bond acceptors (Lipinski definition) is 3. The number of benzene rings is 2. The monoisotopic (exact) mass is 324 g/mol. The fourth-order valence-electron chi connectivity index (χ4n) is 2.37. The first kappa shape index (κ1) is 17.6. The van der Waals surface area contributed by atoms with Crippen LogP contribution in [0.4, 0.5) is 5.69 Å². The molecule has 1 amide bonds. The highest BCUT2D eigenvalue weighted by atomic mass is 16.5. The van der Waals surface area contributed by atoms with Crippen LogP contribution in [0, 0.1) is 0 Å². The normalized spacial score (nSPS) is 11.9. The van der Waals surface area contributed by atoms with Crippen LogP contribution in [-0.2, 0) is 17.8 Å². The van der Waals surface area contributed by atoms with Crippen LogP contribution in [0.25, 0.3) is 0 Å². The molecule has 0 aliphatic carbocycles. The molecule has 2 aromatic carbocycles. The Morgan fingerprint density at radius 3 is 2.62 bits per heavy atom. The fourth-order valence-corrected chi connectivity index (χ4v) is 2.37. The van der Waals surface area contributed by atoms with Crippen LogP contribution in [0.3, 0.4) is 0 Å². The van der Waals surface area contributed by atoms with Crippen molar-refractivity contribution in [3.63, 3.8) is 0 Å². The van der Waals surface area contributed by atoms with Crippen LogP contribution in [0.2, 0.25) is 0 Å². The Hall–Kier alpha value is -2.75. The first-order valence-electron chi connectivity index (χ1n) is 8.10. The molecule has 0 unspecified atom stereocenters. The summed E-state index contributed by atoms with van der Waals surface area (Å²) < 4.78 is 6.02. The van der Waals surface area contributed by atoms with Crippen molar-refractivity contribution in [3.05, 3.63) is 71.9 Å². The highest BCUT2D eigenvalue weighted by Gasteiger charge is 2.08. The minimum absolute atomic E-state index is 0.0822. The van der Waals surface area contributed by atoms with Gasteiger partial charge in [-0.25, -0.2) is 0 Å². The number of nitrogens with one attached hydrogen (secondary N) is 2. The average molecular weight is 324 g/mol. The molecule has 0 fully saturated rings. The molecule has 2 N–H and O–H groups in total. The second kappa shape index (κ2) is 9.40. The van der Waals surface area contributed by atoms with E-state index in [9.17, 15) is 4.79 Å². The van der Waals surface area contributed by atoms with E-state index in [0.717, 1.165) is 35.4 Å². The van der Waals surface area contributed by atoms with Crippen LogP contribution in [0.15, 0.2) is 60.8 Å². The van der Waals surface area contributed by atoms with Gasteiger partial charge in [-0.05, 0) is 49.7 Å². The lowest BCUT2D eigenvalue weighted by Crippen LogP contribution is -2.26. The van der Waals surface area contributed by atoms with Crippen LogP contribution in [0.5, 0.6) is 5.75 Å². The standard InChI is InChI=1S/C20H24N2O2/c1-3-11-21-19-10-9-18(12-16(2)22-15-23)13-20(19)24-14-17-7-5-4-6-8-17/h3-11,13,15-16,21H,12,14H2,1-2H3,(H,22,23)/b11-3-/t16-/m1/s1. The third kappa shape index (κ3) is 5.47. The highest BCUT2D eigenvalue weighted by Crippen LogP contribution is 2.27. The summed E-state index contributed by atoms with van der Waals surface area (Å²) >= 11 is 0. The Balaban J connectivity index is 2.14. The van der Waals surface area contributed by atoms with Crippen molar-refractivity contribution in [2.75, 3.05) is 5.32 Å². The summed E-state index contributed by atoms with van der Waals surface area (Å²) in [6.45, 7) is 4.44. The molecule has 0 saturated carbocycles. The highest BCUT2D eigenvalue weighted by molar-refractivity contribution is 5.59. The van der Waals surface area contributed by atoms with Gasteiger partial charge in [0.05, 0.1) is 5.69 Å². The van der Waals surface area contributed by atoms with Gasteiger partial charge in [0.25, 0.3) is 0 Å². The summed E-state index contributed by atoms with van der Waals surface area (Å²) in [5.74, 6) is 0.799. The summed E-state index contributed by atoms with van der Waals surface area (Å²) in [4.78, 5) is 10.6. The number of amides is 1. The van der Waals surface area contributed by atoms with Crippen molar-refractivity contribution in [1.29, 1.82) is 0 Å². The molecule has 0 bridgehead atoms. The fraction of sp³-hybridized carbons (Fsp3) is 0.250. The zero-order valence-electron chi connectivity index (χ0n) is 14.2.